The van der Waals surface area contributed by atoms with Crippen molar-refractivity contribution in [3.8, 4) is 0 Å². The fourth-order valence-corrected chi connectivity index (χ4v) is 4.93. The van der Waals surface area contributed by atoms with E-state index in [4.69, 9.17) is 0 Å². The third kappa shape index (κ3) is 3.33. The molecular weight excluding hydrogens is 282 g/mol. The highest BCUT2D eigenvalue weighted by atomic mass is 32.1. The van der Waals surface area contributed by atoms with Crippen LogP contribution in [0.3, 0.4) is 0 Å². The van der Waals surface area contributed by atoms with E-state index in [0.717, 1.165) is 5.92 Å². The molecule has 1 atom stereocenters. The first-order valence-corrected chi connectivity index (χ1v) is 9.43. The second-order valence-corrected chi connectivity index (χ2v) is 7.78. The molecule has 1 N–H and O–H groups in total. The van der Waals surface area contributed by atoms with Crippen LogP contribution in [0.25, 0.3) is 0 Å². The zero-order valence-corrected chi connectivity index (χ0v) is 13.7. The van der Waals surface area contributed by atoms with Crippen molar-refractivity contribution in [2.45, 2.75) is 51.1 Å². The van der Waals surface area contributed by atoms with Crippen molar-refractivity contribution in [3.63, 3.8) is 0 Å². The molecule has 1 nitrogen and oxygen atoms in total. The summed E-state index contributed by atoms with van der Waals surface area (Å²) >= 11 is 3.72. The standard InChI is InChI=1S/C17H23NS2/c1-13(14-7-3-2-4-8-14)18-17(15-9-5-11-19-15)16-10-6-12-20-16/h5-6,9-14,17-18H,2-4,7-8H2,1H3/t13-/m1/s1. The lowest BCUT2D eigenvalue weighted by molar-refractivity contribution is 0.273. The first-order valence-electron chi connectivity index (χ1n) is 7.67. The largest absolute Gasteiger partial charge is 0.302 e. The maximum absolute atomic E-state index is 3.91. The van der Waals surface area contributed by atoms with Crippen molar-refractivity contribution < 1.29 is 0 Å². The van der Waals surface area contributed by atoms with Crippen LogP contribution < -0.4 is 5.32 Å². The number of hydrogen-bond donors (Lipinski definition) is 1. The highest BCUT2D eigenvalue weighted by molar-refractivity contribution is 7.11. The van der Waals surface area contributed by atoms with Crippen molar-refractivity contribution in [2.24, 2.45) is 5.92 Å². The molecule has 2 heterocycles. The van der Waals surface area contributed by atoms with Gasteiger partial charge < -0.3 is 5.32 Å². The molecular formula is C17H23NS2. The molecule has 2 aromatic rings. The molecule has 0 unspecified atom stereocenters. The Morgan fingerprint density at radius 3 is 2.10 bits per heavy atom. The summed E-state index contributed by atoms with van der Waals surface area (Å²) < 4.78 is 0. The van der Waals surface area contributed by atoms with Crippen molar-refractivity contribution in [3.05, 3.63) is 44.8 Å². The molecule has 0 spiro atoms. The predicted octanol–water partition coefficient (Wildman–Crippen LogP) is 5.46. The van der Waals surface area contributed by atoms with Crippen LogP contribution in [0.1, 0.15) is 54.8 Å². The van der Waals surface area contributed by atoms with E-state index in [1.165, 1.54) is 41.9 Å². The highest BCUT2D eigenvalue weighted by Gasteiger charge is 2.24. The predicted molar refractivity (Wildman–Crippen MR) is 89.7 cm³/mol. The maximum atomic E-state index is 3.91. The fourth-order valence-electron chi connectivity index (χ4n) is 3.25. The quantitative estimate of drug-likeness (QED) is 0.773. The minimum absolute atomic E-state index is 0.381. The molecule has 0 saturated heterocycles. The molecule has 0 radical (unpaired) electrons. The van der Waals surface area contributed by atoms with Gasteiger partial charge in [-0.3, -0.25) is 0 Å². The Hall–Kier alpha value is -0.640. The van der Waals surface area contributed by atoms with Crippen molar-refractivity contribution in [1.82, 2.24) is 5.32 Å². The summed E-state index contributed by atoms with van der Waals surface area (Å²) in [5, 5.41) is 8.28. The lowest BCUT2D eigenvalue weighted by Gasteiger charge is -2.31. The first kappa shape index (κ1) is 14.3. The SMILES string of the molecule is C[C@@H](NC(c1cccs1)c1cccs1)C1CCCCC1. The van der Waals surface area contributed by atoms with Crippen molar-refractivity contribution >= 4 is 22.7 Å². The van der Waals surface area contributed by atoms with E-state index in [-0.39, 0.29) is 0 Å². The van der Waals surface area contributed by atoms with E-state index < -0.39 is 0 Å². The molecule has 3 rings (SSSR count). The summed E-state index contributed by atoms with van der Waals surface area (Å²) in [5.74, 6) is 0.853. The van der Waals surface area contributed by atoms with Gasteiger partial charge in [0.25, 0.3) is 0 Å². The Morgan fingerprint density at radius 2 is 1.60 bits per heavy atom. The van der Waals surface area contributed by atoms with Gasteiger partial charge in [0.2, 0.25) is 0 Å². The van der Waals surface area contributed by atoms with E-state index in [1.807, 2.05) is 22.7 Å². The van der Waals surface area contributed by atoms with Gasteiger partial charge in [0.15, 0.2) is 0 Å². The molecule has 0 bridgehead atoms. The molecule has 1 saturated carbocycles. The Bertz CT molecular complexity index is 449. The number of thiophene rings is 2. The Labute approximate surface area is 130 Å². The number of hydrogen-bond acceptors (Lipinski definition) is 3. The third-order valence-electron chi connectivity index (χ3n) is 4.44. The van der Waals surface area contributed by atoms with E-state index >= 15 is 0 Å². The van der Waals surface area contributed by atoms with E-state index in [9.17, 15) is 0 Å². The summed E-state index contributed by atoms with van der Waals surface area (Å²) in [7, 11) is 0. The molecule has 1 aliphatic rings. The van der Waals surface area contributed by atoms with Gasteiger partial charge in [0, 0.05) is 15.8 Å². The van der Waals surface area contributed by atoms with Gasteiger partial charge in [-0.05, 0) is 48.6 Å². The van der Waals surface area contributed by atoms with Gasteiger partial charge in [0.1, 0.15) is 0 Å². The van der Waals surface area contributed by atoms with Crippen LogP contribution in [-0.2, 0) is 0 Å². The summed E-state index contributed by atoms with van der Waals surface area (Å²) in [6, 6.07) is 9.82. The Balaban J connectivity index is 1.73. The number of rotatable bonds is 5. The van der Waals surface area contributed by atoms with E-state index in [1.54, 1.807) is 0 Å². The van der Waals surface area contributed by atoms with Crippen LogP contribution >= 0.6 is 22.7 Å². The van der Waals surface area contributed by atoms with Crippen LogP contribution in [0.2, 0.25) is 0 Å². The Kier molecular flexibility index (Phi) is 4.92. The first-order chi connectivity index (χ1) is 9.84. The average Bonchev–Trinajstić information content (AvgIpc) is 3.19. The monoisotopic (exact) mass is 305 g/mol. The summed E-state index contributed by atoms with van der Waals surface area (Å²) in [5.41, 5.74) is 0. The van der Waals surface area contributed by atoms with E-state index in [0.29, 0.717) is 12.1 Å². The van der Waals surface area contributed by atoms with Crippen molar-refractivity contribution in [2.75, 3.05) is 0 Å². The van der Waals surface area contributed by atoms with Gasteiger partial charge in [0.05, 0.1) is 6.04 Å². The second kappa shape index (κ2) is 6.88. The van der Waals surface area contributed by atoms with Crippen molar-refractivity contribution in [1.29, 1.82) is 0 Å². The average molecular weight is 306 g/mol. The molecule has 20 heavy (non-hydrogen) atoms. The smallest absolute Gasteiger partial charge is 0.0766 e. The molecule has 1 aliphatic carbocycles. The normalized spacial score (nSPS) is 18.5. The minimum atomic E-state index is 0.381. The zero-order valence-electron chi connectivity index (χ0n) is 12.0. The minimum Gasteiger partial charge on any atom is -0.302 e. The van der Waals surface area contributed by atoms with Crippen LogP contribution in [-0.4, -0.2) is 6.04 Å². The lowest BCUT2D eigenvalue weighted by atomic mass is 9.84. The van der Waals surface area contributed by atoms with Crippen LogP contribution in [0, 0.1) is 5.92 Å². The molecule has 2 aromatic heterocycles. The van der Waals surface area contributed by atoms with Crippen LogP contribution in [0.5, 0.6) is 0 Å². The van der Waals surface area contributed by atoms with Crippen LogP contribution in [0.4, 0.5) is 0 Å². The Morgan fingerprint density at radius 1 is 1.00 bits per heavy atom. The molecule has 0 aliphatic heterocycles. The third-order valence-corrected chi connectivity index (χ3v) is 6.32. The molecule has 0 aromatic carbocycles. The highest BCUT2D eigenvalue weighted by Crippen LogP contribution is 2.32. The topological polar surface area (TPSA) is 12.0 Å². The van der Waals surface area contributed by atoms with Gasteiger partial charge in [-0.1, -0.05) is 31.4 Å². The molecule has 1 fully saturated rings. The second-order valence-electron chi connectivity index (χ2n) is 5.82. The summed E-state index contributed by atoms with van der Waals surface area (Å²) in [4.78, 5) is 2.88. The van der Waals surface area contributed by atoms with Crippen LogP contribution in [0.15, 0.2) is 35.0 Å². The van der Waals surface area contributed by atoms with E-state index in [2.05, 4.69) is 47.3 Å². The lowest BCUT2D eigenvalue weighted by Crippen LogP contribution is -2.37. The fraction of sp³-hybridized carbons (Fsp3) is 0.529. The number of nitrogens with one attached hydrogen (secondary N) is 1. The molecule has 3 heteroatoms. The van der Waals surface area contributed by atoms with Gasteiger partial charge in [-0.2, -0.15) is 0 Å². The maximum Gasteiger partial charge on any atom is 0.0766 e. The van der Waals surface area contributed by atoms with Gasteiger partial charge >= 0.3 is 0 Å². The summed E-state index contributed by atoms with van der Waals surface area (Å²) in [6.45, 7) is 2.38. The molecule has 0 amide bonds. The van der Waals surface area contributed by atoms with Gasteiger partial charge in [-0.15, -0.1) is 22.7 Å². The zero-order chi connectivity index (χ0) is 13.8. The summed E-state index contributed by atoms with van der Waals surface area (Å²) in [6.07, 6.45) is 7.06. The molecule has 108 valence electrons. The van der Waals surface area contributed by atoms with Gasteiger partial charge in [-0.25, -0.2) is 0 Å².